The van der Waals surface area contributed by atoms with Crippen molar-refractivity contribution >= 4 is 10.9 Å². The van der Waals surface area contributed by atoms with Crippen molar-refractivity contribution in [3.05, 3.63) is 35.0 Å². The molecule has 0 bridgehead atoms. The number of nitrogens with one attached hydrogen (secondary N) is 1. The van der Waals surface area contributed by atoms with E-state index >= 15 is 0 Å². The quantitative estimate of drug-likeness (QED) is 0.850. The van der Waals surface area contributed by atoms with E-state index in [0.29, 0.717) is 0 Å². The van der Waals surface area contributed by atoms with Gasteiger partial charge in [0.15, 0.2) is 0 Å². The normalized spacial score (nSPS) is 16.8. The third-order valence-electron chi connectivity index (χ3n) is 5.17. The standard InChI is InChI=1S/C17H24N2.C4H8O/c1-13-8-9-17-15(12-13)14-6-3-4-7-16(14)19(17)11-5-10-18-2;1-2-4-5-3-1/h8-9,12,18H,3-7,10-11H2,1-2H3;1-4H2. The van der Waals surface area contributed by atoms with Gasteiger partial charge in [-0.1, -0.05) is 11.6 Å². The summed E-state index contributed by atoms with van der Waals surface area (Å²) in [6.45, 7) is 6.45. The van der Waals surface area contributed by atoms with Crippen LogP contribution in [0.5, 0.6) is 0 Å². The van der Waals surface area contributed by atoms with Gasteiger partial charge in [0.05, 0.1) is 0 Å². The van der Waals surface area contributed by atoms with Crippen LogP contribution in [-0.4, -0.2) is 31.4 Å². The molecule has 1 fully saturated rings. The van der Waals surface area contributed by atoms with Crippen LogP contribution in [0.2, 0.25) is 0 Å². The fourth-order valence-corrected chi connectivity index (χ4v) is 3.93. The van der Waals surface area contributed by atoms with Crippen molar-refractivity contribution in [3.8, 4) is 0 Å². The maximum Gasteiger partial charge on any atom is 0.0485 e. The summed E-state index contributed by atoms with van der Waals surface area (Å²) >= 11 is 0. The minimum Gasteiger partial charge on any atom is -0.381 e. The second-order valence-corrected chi connectivity index (χ2v) is 7.08. The summed E-state index contributed by atoms with van der Waals surface area (Å²) < 4.78 is 7.53. The molecule has 2 aliphatic rings. The highest BCUT2D eigenvalue weighted by atomic mass is 16.5. The van der Waals surface area contributed by atoms with Crippen molar-refractivity contribution in [2.24, 2.45) is 0 Å². The first-order valence-corrected chi connectivity index (χ1v) is 9.64. The smallest absolute Gasteiger partial charge is 0.0485 e. The van der Waals surface area contributed by atoms with E-state index in [9.17, 15) is 0 Å². The van der Waals surface area contributed by atoms with Crippen LogP contribution in [0.25, 0.3) is 10.9 Å². The topological polar surface area (TPSA) is 26.2 Å². The Kier molecular flexibility index (Phi) is 6.33. The molecular formula is C21H32N2O. The molecule has 3 nitrogen and oxygen atoms in total. The van der Waals surface area contributed by atoms with Crippen LogP contribution < -0.4 is 5.32 Å². The molecule has 1 saturated heterocycles. The maximum atomic E-state index is 4.94. The molecule has 0 atom stereocenters. The molecule has 24 heavy (non-hydrogen) atoms. The van der Waals surface area contributed by atoms with Crippen LogP contribution in [0, 0.1) is 6.92 Å². The molecule has 0 spiro atoms. The third kappa shape index (κ3) is 4.01. The van der Waals surface area contributed by atoms with Gasteiger partial charge in [-0.2, -0.15) is 0 Å². The second-order valence-electron chi connectivity index (χ2n) is 7.08. The molecule has 2 aromatic rings. The van der Waals surface area contributed by atoms with Crippen molar-refractivity contribution in [2.75, 3.05) is 26.8 Å². The second kappa shape index (κ2) is 8.68. The molecule has 3 heteroatoms. The van der Waals surface area contributed by atoms with Crippen LogP contribution in [0.3, 0.4) is 0 Å². The Balaban J connectivity index is 0.000000290. The number of aryl methyl sites for hydroxylation is 3. The van der Waals surface area contributed by atoms with Crippen LogP contribution >= 0.6 is 0 Å². The van der Waals surface area contributed by atoms with Crippen molar-refractivity contribution in [3.63, 3.8) is 0 Å². The monoisotopic (exact) mass is 328 g/mol. The molecule has 1 aliphatic heterocycles. The number of nitrogens with zero attached hydrogens (tertiary/aromatic N) is 1. The Morgan fingerprint density at radius 3 is 2.58 bits per heavy atom. The zero-order valence-corrected chi connectivity index (χ0v) is 15.4. The van der Waals surface area contributed by atoms with Gasteiger partial charge >= 0.3 is 0 Å². The number of fused-ring (bicyclic) bond motifs is 3. The highest BCUT2D eigenvalue weighted by Gasteiger charge is 2.19. The van der Waals surface area contributed by atoms with E-state index in [-0.39, 0.29) is 0 Å². The van der Waals surface area contributed by atoms with Crippen molar-refractivity contribution in [1.29, 1.82) is 0 Å². The van der Waals surface area contributed by atoms with Crippen LogP contribution in [0.4, 0.5) is 0 Å². The molecule has 0 saturated carbocycles. The minimum absolute atomic E-state index is 1.00. The molecule has 1 N–H and O–H groups in total. The Labute approximate surface area is 146 Å². The highest BCUT2D eigenvalue weighted by Crippen LogP contribution is 2.32. The lowest BCUT2D eigenvalue weighted by molar-refractivity contribution is 0.198. The number of rotatable bonds is 4. The molecule has 1 aromatic heterocycles. The van der Waals surface area contributed by atoms with E-state index < -0.39 is 0 Å². The van der Waals surface area contributed by atoms with E-state index in [1.54, 1.807) is 11.3 Å². The van der Waals surface area contributed by atoms with Crippen LogP contribution in [-0.2, 0) is 24.1 Å². The number of hydrogen-bond donors (Lipinski definition) is 1. The summed E-state index contributed by atoms with van der Waals surface area (Å²) in [6, 6.07) is 6.96. The lowest BCUT2D eigenvalue weighted by atomic mass is 9.95. The first-order chi connectivity index (χ1) is 11.8. The summed E-state index contributed by atoms with van der Waals surface area (Å²) in [6.07, 6.45) is 9.02. The van der Waals surface area contributed by atoms with Gasteiger partial charge in [-0.3, -0.25) is 0 Å². The van der Waals surface area contributed by atoms with E-state index in [2.05, 4.69) is 35.0 Å². The number of aromatic nitrogens is 1. The molecule has 1 aromatic carbocycles. The summed E-state index contributed by atoms with van der Waals surface area (Å²) in [5.74, 6) is 0. The van der Waals surface area contributed by atoms with Crippen LogP contribution in [0.15, 0.2) is 18.2 Å². The summed E-state index contributed by atoms with van der Waals surface area (Å²) in [5.41, 5.74) is 6.08. The molecule has 2 heterocycles. The number of benzene rings is 1. The van der Waals surface area contributed by atoms with Gasteiger partial charge in [0.1, 0.15) is 0 Å². The van der Waals surface area contributed by atoms with E-state index in [0.717, 1.165) is 26.3 Å². The van der Waals surface area contributed by atoms with Crippen molar-refractivity contribution in [1.82, 2.24) is 9.88 Å². The zero-order valence-electron chi connectivity index (χ0n) is 15.4. The van der Waals surface area contributed by atoms with Gasteiger partial charge in [-0.25, -0.2) is 0 Å². The third-order valence-corrected chi connectivity index (χ3v) is 5.17. The Morgan fingerprint density at radius 1 is 1.08 bits per heavy atom. The van der Waals surface area contributed by atoms with Gasteiger partial charge in [0.2, 0.25) is 0 Å². The molecule has 4 rings (SSSR count). The van der Waals surface area contributed by atoms with Gasteiger partial charge in [-0.05, 0) is 83.2 Å². The number of ether oxygens (including phenoxy) is 1. The van der Waals surface area contributed by atoms with Crippen molar-refractivity contribution in [2.45, 2.75) is 58.4 Å². The molecule has 1 aliphatic carbocycles. The predicted octanol–water partition coefficient (Wildman–Crippen LogP) is 4.23. The van der Waals surface area contributed by atoms with Gasteiger partial charge in [0, 0.05) is 36.4 Å². The average Bonchev–Trinajstić information content (AvgIpc) is 3.27. The summed E-state index contributed by atoms with van der Waals surface area (Å²) in [5, 5.41) is 4.77. The summed E-state index contributed by atoms with van der Waals surface area (Å²) in [7, 11) is 2.03. The Morgan fingerprint density at radius 2 is 1.88 bits per heavy atom. The average molecular weight is 329 g/mol. The van der Waals surface area contributed by atoms with Gasteiger partial charge in [-0.15, -0.1) is 0 Å². The molecule has 0 unspecified atom stereocenters. The van der Waals surface area contributed by atoms with Gasteiger partial charge < -0.3 is 14.6 Å². The van der Waals surface area contributed by atoms with E-state index in [1.807, 2.05) is 7.05 Å². The highest BCUT2D eigenvalue weighted by molar-refractivity contribution is 5.86. The fourth-order valence-electron chi connectivity index (χ4n) is 3.93. The maximum absolute atomic E-state index is 4.94. The fraction of sp³-hybridized carbons (Fsp3) is 0.619. The largest absolute Gasteiger partial charge is 0.381 e. The molecular weight excluding hydrogens is 296 g/mol. The molecule has 0 radical (unpaired) electrons. The lowest BCUT2D eigenvalue weighted by Gasteiger charge is -2.16. The zero-order chi connectivity index (χ0) is 16.8. The van der Waals surface area contributed by atoms with Crippen molar-refractivity contribution < 1.29 is 4.74 Å². The first kappa shape index (κ1) is 17.5. The lowest BCUT2D eigenvalue weighted by Crippen LogP contribution is -2.13. The Bertz CT molecular complexity index is 648. The number of hydrogen-bond acceptors (Lipinski definition) is 2. The van der Waals surface area contributed by atoms with E-state index in [4.69, 9.17) is 4.74 Å². The van der Waals surface area contributed by atoms with Crippen LogP contribution in [0.1, 0.15) is 48.9 Å². The summed E-state index contributed by atoms with van der Waals surface area (Å²) in [4.78, 5) is 0. The van der Waals surface area contributed by atoms with E-state index in [1.165, 1.54) is 61.4 Å². The predicted molar refractivity (Wildman–Crippen MR) is 102 cm³/mol. The minimum atomic E-state index is 1.00. The SMILES string of the molecule is C1CCOC1.CNCCCn1c2c(c3cc(C)ccc31)CCCC2. The first-order valence-electron chi connectivity index (χ1n) is 9.64. The Hall–Kier alpha value is -1.32. The molecule has 0 amide bonds. The molecule has 132 valence electrons. The van der Waals surface area contributed by atoms with Gasteiger partial charge in [0.25, 0.3) is 0 Å².